The van der Waals surface area contributed by atoms with Crippen molar-refractivity contribution in [2.45, 2.75) is 38.8 Å². The van der Waals surface area contributed by atoms with E-state index in [9.17, 15) is 21.6 Å². The van der Waals surface area contributed by atoms with Crippen molar-refractivity contribution in [3.05, 3.63) is 35.0 Å². The van der Waals surface area contributed by atoms with Gasteiger partial charge in [0, 0.05) is 42.8 Å². The lowest BCUT2D eigenvalue weighted by molar-refractivity contribution is -0.137. The third-order valence-electron chi connectivity index (χ3n) is 7.08. The number of nitrogens with two attached hydrogens (primary N) is 1. The number of nitrogens with one attached hydrogen (secondary N) is 1. The Morgan fingerprint density at radius 3 is 2.71 bits per heavy atom. The number of piperidine rings is 1. The minimum Gasteiger partial charge on any atom is -0.358 e. The number of rotatable bonds is 5. The maximum Gasteiger partial charge on any atom is 0.416 e. The summed E-state index contributed by atoms with van der Waals surface area (Å²) in [5, 5.41) is 5.93. The molecule has 1 aromatic heterocycles. The van der Waals surface area contributed by atoms with Crippen LogP contribution in [0, 0.1) is 11.8 Å². The van der Waals surface area contributed by atoms with Crippen LogP contribution in [0.4, 0.5) is 13.2 Å². The van der Waals surface area contributed by atoms with E-state index in [1.165, 1.54) is 16.4 Å². The summed E-state index contributed by atoms with van der Waals surface area (Å²) >= 11 is 0. The molecular weight excluding hydrogens is 429 g/mol. The molecule has 2 heterocycles. The minimum absolute atomic E-state index is 0.120. The molecule has 1 saturated heterocycles. The van der Waals surface area contributed by atoms with Crippen LogP contribution in [0.1, 0.15) is 43.0 Å². The summed E-state index contributed by atoms with van der Waals surface area (Å²) in [5.74, 6) is 0.906. The second-order valence-corrected chi connectivity index (χ2v) is 10.4. The van der Waals surface area contributed by atoms with E-state index < -0.39 is 21.9 Å². The van der Waals surface area contributed by atoms with Crippen LogP contribution < -0.4 is 5.14 Å². The van der Waals surface area contributed by atoms with Crippen LogP contribution in [0.2, 0.25) is 0 Å². The molecule has 1 aliphatic carbocycles. The van der Waals surface area contributed by atoms with E-state index in [1.54, 1.807) is 6.92 Å². The molecule has 172 valence electrons. The second-order valence-electron chi connectivity index (χ2n) is 8.82. The van der Waals surface area contributed by atoms with Crippen molar-refractivity contribution >= 4 is 21.1 Å². The smallest absolute Gasteiger partial charge is 0.358 e. The Bertz CT molecular complexity index is 1070. The molecule has 0 unspecified atom stereocenters. The number of likely N-dealkylation sites (N-methyl/N-ethyl adjacent to an activating group) is 1. The molecule has 0 radical (unpaired) electrons. The van der Waals surface area contributed by atoms with E-state index in [2.05, 4.69) is 16.8 Å². The molecule has 2 aliphatic rings. The van der Waals surface area contributed by atoms with Crippen LogP contribution in [0.15, 0.2) is 18.2 Å². The van der Waals surface area contributed by atoms with Crippen molar-refractivity contribution in [2.75, 3.05) is 32.7 Å². The maximum atomic E-state index is 13.3. The number of aromatic nitrogens is 1. The number of aromatic amines is 1. The number of hydrogen-bond donors (Lipinski definition) is 2. The Hall–Kier alpha value is -1.62. The number of likely N-dealkylation sites (tertiary alicyclic amines) is 1. The number of halogens is 3. The van der Waals surface area contributed by atoms with E-state index in [4.69, 9.17) is 5.14 Å². The van der Waals surface area contributed by atoms with Crippen molar-refractivity contribution in [1.29, 1.82) is 0 Å². The molecule has 4 rings (SSSR count). The van der Waals surface area contributed by atoms with Gasteiger partial charge in [-0.15, -0.1) is 0 Å². The number of fused-ring (bicyclic) bond motifs is 4. The highest BCUT2D eigenvalue weighted by Crippen LogP contribution is 2.46. The van der Waals surface area contributed by atoms with Crippen LogP contribution in [0.3, 0.4) is 0 Å². The number of hydrogen-bond acceptors (Lipinski definition) is 3. The Morgan fingerprint density at radius 2 is 2.06 bits per heavy atom. The topological polar surface area (TPSA) is 82.4 Å². The zero-order chi connectivity index (χ0) is 22.6. The number of benzene rings is 1. The first-order valence-electron chi connectivity index (χ1n) is 10.7. The van der Waals surface area contributed by atoms with Crippen LogP contribution in [-0.4, -0.2) is 55.3 Å². The lowest BCUT2D eigenvalue weighted by Crippen LogP contribution is -2.48. The van der Waals surface area contributed by atoms with Crippen LogP contribution in [0.25, 0.3) is 10.9 Å². The zero-order valence-corrected chi connectivity index (χ0v) is 18.6. The second kappa shape index (κ2) is 8.06. The number of alkyl halides is 3. The van der Waals surface area contributed by atoms with E-state index in [1.807, 2.05) is 0 Å². The first-order valence-corrected chi connectivity index (χ1v) is 12.2. The highest BCUT2D eigenvalue weighted by molar-refractivity contribution is 7.86. The summed E-state index contributed by atoms with van der Waals surface area (Å²) in [6.45, 7) is 6.81. The molecule has 1 fully saturated rings. The molecule has 0 spiro atoms. The predicted molar refractivity (Wildman–Crippen MR) is 114 cm³/mol. The fraction of sp³-hybridized carbons (Fsp3) is 0.619. The Balaban J connectivity index is 1.55. The molecule has 0 bridgehead atoms. The number of nitrogens with zero attached hydrogens (tertiary/aromatic N) is 2. The monoisotopic (exact) mass is 458 g/mol. The molecule has 2 aromatic rings. The van der Waals surface area contributed by atoms with Crippen molar-refractivity contribution in [3.8, 4) is 0 Å². The molecule has 0 amide bonds. The van der Waals surface area contributed by atoms with Gasteiger partial charge in [-0.3, -0.25) is 0 Å². The van der Waals surface area contributed by atoms with E-state index in [0.717, 1.165) is 48.8 Å². The van der Waals surface area contributed by atoms with Gasteiger partial charge in [-0.05, 0) is 60.9 Å². The third-order valence-corrected chi connectivity index (χ3v) is 8.24. The van der Waals surface area contributed by atoms with Crippen molar-refractivity contribution in [2.24, 2.45) is 17.0 Å². The minimum atomic E-state index is -4.37. The van der Waals surface area contributed by atoms with Crippen LogP contribution in [0.5, 0.6) is 0 Å². The van der Waals surface area contributed by atoms with Gasteiger partial charge < -0.3 is 9.88 Å². The van der Waals surface area contributed by atoms with E-state index >= 15 is 0 Å². The van der Waals surface area contributed by atoms with Crippen LogP contribution >= 0.6 is 0 Å². The van der Waals surface area contributed by atoms with Crippen molar-refractivity contribution in [3.63, 3.8) is 0 Å². The summed E-state index contributed by atoms with van der Waals surface area (Å²) in [6.07, 6.45) is -2.54. The number of H-pyrrole nitrogens is 1. The quantitative estimate of drug-likeness (QED) is 0.721. The molecule has 3 atom stereocenters. The van der Waals surface area contributed by atoms with E-state index in [0.29, 0.717) is 36.9 Å². The largest absolute Gasteiger partial charge is 0.416 e. The lowest BCUT2D eigenvalue weighted by Gasteiger charge is -2.44. The van der Waals surface area contributed by atoms with Crippen molar-refractivity contribution in [1.82, 2.24) is 14.2 Å². The molecule has 6 nitrogen and oxygen atoms in total. The Labute approximate surface area is 180 Å². The van der Waals surface area contributed by atoms with Gasteiger partial charge in [0.15, 0.2) is 0 Å². The first-order chi connectivity index (χ1) is 14.5. The summed E-state index contributed by atoms with van der Waals surface area (Å²) in [7, 11) is -3.71. The highest BCUT2D eigenvalue weighted by Gasteiger charge is 2.40. The summed E-state index contributed by atoms with van der Waals surface area (Å²) in [6, 6.07) is 3.94. The predicted octanol–water partition coefficient (Wildman–Crippen LogP) is 3.31. The molecule has 1 aliphatic heterocycles. The molecule has 10 heteroatoms. The molecule has 31 heavy (non-hydrogen) atoms. The van der Waals surface area contributed by atoms with Gasteiger partial charge in [0.25, 0.3) is 10.2 Å². The summed E-state index contributed by atoms with van der Waals surface area (Å²) in [4.78, 5) is 5.62. The van der Waals surface area contributed by atoms with E-state index in [-0.39, 0.29) is 5.92 Å². The highest BCUT2D eigenvalue weighted by atomic mass is 32.2. The van der Waals surface area contributed by atoms with Gasteiger partial charge in [0.05, 0.1) is 5.56 Å². The van der Waals surface area contributed by atoms with Gasteiger partial charge in [0.2, 0.25) is 0 Å². The van der Waals surface area contributed by atoms with Crippen molar-refractivity contribution < 1.29 is 21.6 Å². The molecular formula is C21H29F3N4O2S. The summed E-state index contributed by atoms with van der Waals surface area (Å²) < 4.78 is 64.3. The summed E-state index contributed by atoms with van der Waals surface area (Å²) in [5.41, 5.74) is 2.20. The van der Waals surface area contributed by atoms with Gasteiger partial charge >= 0.3 is 6.18 Å². The maximum absolute atomic E-state index is 13.3. The van der Waals surface area contributed by atoms with Crippen LogP contribution in [-0.2, 0) is 22.8 Å². The third kappa shape index (κ3) is 4.35. The van der Waals surface area contributed by atoms with Gasteiger partial charge in [-0.2, -0.15) is 25.9 Å². The fourth-order valence-corrected chi connectivity index (χ4v) is 6.14. The van der Waals surface area contributed by atoms with Gasteiger partial charge in [-0.1, -0.05) is 13.8 Å². The average Bonchev–Trinajstić information content (AvgIpc) is 3.05. The average molecular weight is 459 g/mol. The molecule has 1 aromatic carbocycles. The Kier molecular flexibility index (Phi) is 5.87. The zero-order valence-electron chi connectivity index (χ0n) is 17.7. The fourth-order valence-electron chi connectivity index (χ4n) is 5.44. The molecule has 0 saturated carbocycles. The standard InChI is InChI=1S/C21H29F3N4O2S/c1-3-28(31(25,29)30)9-8-27-7-6-14-10-19-20(13(2)17(14)12-27)16-11-15(21(22,23)24)4-5-18(16)26-19/h4-5,11,13-14,17,26H,3,6-10,12H2,1-2H3,(H2,25,29,30)/t13-,14-,17-/m1/s1. The SMILES string of the molecule is CCN(CCN1CC[C@@H]2Cc3[nH]c4ccc(C(F)(F)F)cc4c3[C@H](C)[C@H]2C1)S(N)(=O)=O. The Morgan fingerprint density at radius 1 is 1.32 bits per heavy atom. The first kappa shape index (κ1) is 22.6. The lowest BCUT2D eigenvalue weighted by atomic mass is 9.68. The van der Waals surface area contributed by atoms with Gasteiger partial charge in [0.1, 0.15) is 0 Å². The van der Waals surface area contributed by atoms with Gasteiger partial charge in [-0.25, -0.2) is 5.14 Å². The normalized spacial score (nSPS) is 25.1. The molecule has 3 N–H and O–H groups in total.